The van der Waals surface area contributed by atoms with Gasteiger partial charge in [-0.15, -0.1) is 0 Å². The highest BCUT2D eigenvalue weighted by atomic mass is 16.1. The average Bonchev–Trinajstić information content (AvgIpc) is 2.40. The van der Waals surface area contributed by atoms with Crippen LogP contribution in [0.4, 0.5) is 11.4 Å². The number of nitrogens with zero attached hydrogens (tertiary/aromatic N) is 1. The zero-order valence-electron chi connectivity index (χ0n) is 12.2. The summed E-state index contributed by atoms with van der Waals surface area (Å²) in [5.41, 5.74) is 10.5. The van der Waals surface area contributed by atoms with E-state index in [1.807, 2.05) is 19.2 Å². The third kappa shape index (κ3) is 3.18. The molecule has 2 aromatic carbocycles. The number of carbonyl (C=O) groups excluding carboxylic acids is 1. The fraction of sp³-hybridized carbons (Fsp3) is 0.235. The van der Waals surface area contributed by atoms with Crippen molar-refractivity contribution in [1.82, 2.24) is 0 Å². The van der Waals surface area contributed by atoms with E-state index in [4.69, 9.17) is 5.73 Å². The maximum absolute atomic E-state index is 11.4. The van der Waals surface area contributed by atoms with Crippen molar-refractivity contribution in [3.63, 3.8) is 0 Å². The van der Waals surface area contributed by atoms with Gasteiger partial charge in [0.2, 0.25) is 0 Å². The summed E-state index contributed by atoms with van der Waals surface area (Å²) in [6.07, 6.45) is 0. The number of aryl methyl sites for hydroxylation is 1. The first-order valence-electron chi connectivity index (χ1n) is 6.64. The molecule has 2 rings (SSSR count). The first-order chi connectivity index (χ1) is 9.47. The molecule has 2 aromatic rings. The van der Waals surface area contributed by atoms with Crippen molar-refractivity contribution >= 4 is 17.2 Å². The number of benzene rings is 2. The second kappa shape index (κ2) is 5.78. The maximum Gasteiger partial charge on any atom is 0.161 e. The molecule has 0 bridgehead atoms. The van der Waals surface area contributed by atoms with Gasteiger partial charge in [0.1, 0.15) is 0 Å². The topological polar surface area (TPSA) is 46.3 Å². The van der Waals surface area contributed by atoms with Crippen LogP contribution in [0.3, 0.4) is 0 Å². The van der Waals surface area contributed by atoms with Crippen molar-refractivity contribution < 1.29 is 4.79 Å². The predicted octanol–water partition coefficient (Wildman–Crippen LogP) is 3.42. The van der Waals surface area contributed by atoms with Crippen molar-refractivity contribution in [3.8, 4) is 0 Å². The standard InChI is InChI=1S/C17H20N2O/c1-12-4-6-14(7-5-12)11-19(3)15-8-9-16(13(2)20)17(18)10-15/h4-10H,11,18H2,1-3H3. The minimum Gasteiger partial charge on any atom is -0.398 e. The molecule has 0 atom stereocenters. The molecule has 3 nitrogen and oxygen atoms in total. The van der Waals surface area contributed by atoms with Crippen molar-refractivity contribution in [2.24, 2.45) is 0 Å². The summed E-state index contributed by atoms with van der Waals surface area (Å²) in [6.45, 7) is 4.41. The molecular weight excluding hydrogens is 248 g/mol. The van der Waals surface area contributed by atoms with Gasteiger partial charge in [-0.05, 0) is 37.6 Å². The van der Waals surface area contributed by atoms with Crippen LogP contribution in [0.25, 0.3) is 0 Å². The first kappa shape index (κ1) is 14.1. The minimum absolute atomic E-state index is 0.00441. The molecule has 0 amide bonds. The number of ketones is 1. The molecular formula is C17H20N2O. The van der Waals surface area contributed by atoms with Gasteiger partial charge in [0.05, 0.1) is 0 Å². The van der Waals surface area contributed by atoms with Crippen LogP contribution in [-0.4, -0.2) is 12.8 Å². The number of nitrogen functional groups attached to an aromatic ring is 1. The van der Waals surface area contributed by atoms with E-state index in [2.05, 4.69) is 36.1 Å². The zero-order valence-corrected chi connectivity index (χ0v) is 12.2. The van der Waals surface area contributed by atoms with Gasteiger partial charge in [-0.25, -0.2) is 0 Å². The van der Waals surface area contributed by atoms with E-state index in [9.17, 15) is 4.79 Å². The van der Waals surface area contributed by atoms with Gasteiger partial charge in [0.25, 0.3) is 0 Å². The van der Waals surface area contributed by atoms with Crippen LogP contribution >= 0.6 is 0 Å². The molecule has 0 fully saturated rings. The number of anilines is 2. The summed E-state index contributed by atoms with van der Waals surface area (Å²) in [7, 11) is 2.02. The van der Waals surface area contributed by atoms with Crippen molar-refractivity contribution in [2.75, 3.05) is 17.7 Å². The molecule has 0 saturated carbocycles. The Labute approximate surface area is 120 Å². The number of Topliss-reactive ketones (excluding diaryl/α,β-unsaturated/α-hetero) is 1. The van der Waals surface area contributed by atoms with Gasteiger partial charge in [0.15, 0.2) is 5.78 Å². The summed E-state index contributed by atoms with van der Waals surface area (Å²) < 4.78 is 0. The van der Waals surface area contributed by atoms with E-state index in [1.165, 1.54) is 18.1 Å². The largest absolute Gasteiger partial charge is 0.398 e. The molecule has 0 heterocycles. The molecule has 0 aliphatic rings. The summed E-state index contributed by atoms with van der Waals surface area (Å²) in [6, 6.07) is 14.0. The lowest BCUT2D eigenvalue weighted by Crippen LogP contribution is -2.17. The fourth-order valence-corrected chi connectivity index (χ4v) is 2.17. The Morgan fingerprint density at radius 2 is 1.80 bits per heavy atom. The Hall–Kier alpha value is -2.29. The van der Waals surface area contributed by atoms with E-state index < -0.39 is 0 Å². The molecule has 0 spiro atoms. The Morgan fingerprint density at radius 1 is 1.15 bits per heavy atom. The highest BCUT2D eigenvalue weighted by molar-refractivity contribution is 5.99. The highest BCUT2D eigenvalue weighted by Crippen LogP contribution is 2.22. The van der Waals surface area contributed by atoms with Crippen molar-refractivity contribution in [3.05, 3.63) is 59.2 Å². The smallest absolute Gasteiger partial charge is 0.161 e. The SMILES string of the molecule is CC(=O)c1ccc(N(C)Cc2ccc(C)cc2)cc1N. The third-order valence-corrected chi connectivity index (χ3v) is 3.40. The molecule has 2 N–H and O–H groups in total. The molecule has 0 aromatic heterocycles. The average molecular weight is 268 g/mol. The van der Waals surface area contributed by atoms with E-state index in [0.29, 0.717) is 11.3 Å². The number of hydrogen-bond donors (Lipinski definition) is 1. The molecule has 0 radical (unpaired) electrons. The van der Waals surface area contributed by atoms with Crippen LogP contribution in [-0.2, 0) is 6.54 Å². The van der Waals surface area contributed by atoms with Gasteiger partial charge in [-0.1, -0.05) is 29.8 Å². The monoisotopic (exact) mass is 268 g/mol. The van der Waals surface area contributed by atoms with Crippen LogP contribution in [0.15, 0.2) is 42.5 Å². The maximum atomic E-state index is 11.4. The molecule has 0 aliphatic carbocycles. The van der Waals surface area contributed by atoms with Gasteiger partial charge in [0, 0.05) is 30.5 Å². The summed E-state index contributed by atoms with van der Waals surface area (Å²) in [5, 5.41) is 0. The molecule has 3 heteroatoms. The molecule has 0 aliphatic heterocycles. The minimum atomic E-state index is -0.00441. The second-order valence-electron chi connectivity index (χ2n) is 5.17. The Kier molecular flexibility index (Phi) is 4.08. The number of rotatable bonds is 4. The van der Waals surface area contributed by atoms with Gasteiger partial charge >= 0.3 is 0 Å². The van der Waals surface area contributed by atoms with Crippen LogP contribution in [0.5, 0.6) is 0 Å². The summed E-state index contributed by atoms with van der Waals surface area (Å²) in [5.74, 6) is -0.00441. The lowest BCUT2D eigenvalue weighted by Gasteiger charge is -2.20. The predicted molar refractivity (Wildman–Crippen MR) is 84.1 cm³/mol. The van der Waals surface area contributed by atoms with Crippen molar-refractivity contribution in [1.29, 1.82) is 0 Å². The normalized spacial score (nSPS) is 10.3. The zero-order chi connectivity index (χ0) is 14.7. The fourth-order valence-electron chi connectivity index (χ4n) is 2.17. The lowest BCUT2D eigenvalue weighted by atomic mass is 10.1. The summed E-state index contributed by atoms with van der Waals surface area (Å²) >= 11 is 0. The number of nitrogens with two attached hydrogens (primary N) is 1. The van der Waals surface area contributed by atoms with Crippen LogP contribution in [0.2, 0.25) is 0 Å². The van der Waals surface area contributed by atoms with Gasteiger partial charge in [-0.3, -0.25) is 4.79 Å². The Morgan fingerprint density at radius 3 is 2.35 bits per heavy atom. The van der Waals surface area contributed by atoms with Gasteiger partial charge in [-0.2, -0.15) is 0 Å². The van der Waals surface area contributed by atoms with Crippen LogP contribution in [0, 0.1) is 6.92 Å². The summed E-state index contributed by atoms with van der Waals surface area (Å²) in [4.78, 5) is 13.5. The van der Waals surface area contributed by atoms with Crippen LogP contribution < -0.4 is 10.6 Å². The Bertz CT molecular complexity index is 617. The van der Waals surface area contributed by atoms with E-state index in [0.717, 1.165) is 12.2 Å². The molecule has 20 heavy (non-hydrogen) atoms. The first-order valence-corrected chi connectivity index (χ1v) is 6.64. The third-order valence-electron chi connectivity index (χ3n) is 3.40. The number of hydrogen-bond acceptors (Lipinski definition) is 3. The van der Waals surface area contributed by atoms with Gasteiger partial charge < -0.3 is 10.6 Å². The quantitative estimate of drug-likeness (QED) is 0.682. The number of carbonyl (C=O) groups is 1. The molecule has 0 saturated heterocycles. The lowest BCUT2D eigenvalue weighted by molar-refractivity contribution is 0.101. The highest BCUT2D eigenvalue weighted by Gasteiger charge is 2.08. The van der Waals surface area contributed by atoms with E-state index in [-0.39, 0.29) is 5.78 Å². The van der Waals surface area contributed by atoms with Crippen molar-refractivity contribution in [2.45, 2.75) is 20.4 Å². The van der Waals surface area contributed by atoms with Crippen LogP contribution in [0.1, 0.15) is 28.4 Å². The molecule has 0 unspecified atom stereocenters. The van der Waals surface area contributed by atoms with E-state index >= 15 is 0 Å². The van der Waals surface area contributed by atoms with E-state index in [1.54, 1.807) is 6.07 Å². The second-order valence-corrected chi connectivity index (χ2v) is 5.17. The Balaban J connectivity index is 2.17. The molecule has 104 valence electrons.